The summed E-state index contributed by atoms with van der Waals surface area (Å²) in [7, 11) is 1.62. The van der Waals surface area contributed by atoms with Crippen molar-refractivity contribution < 1.29 is 4.74 Å². The molecule has 0 saturated carbocycles. The van der Waals surface area contributed by atoms with E-state index in [-0.39, 0.29) is 0 Å². The topological polar surface area (TPSA) is 66.0 Å². The van der Waals surface area contributed by atoms with E-state index in [0.29, 0.717) is 5.75 Å². The molecule has 0 atom stereocenters. The maximum absolute atomic E-state index is 6.10. The van der Waals surface area contributed by atoms with Crippen molar-refractivity contribution in [2.45, 2.75) is 26.7 Å². The van der Waals surface area contributed by atoms with Gasteiger partial charge < -0.3 is 10.5 Å². The highest BCUT2D eigenvalue weighted by Crippen LogP contribution is 2.23. The summed E-state index contributed by atoms with van der Waals surface area (Å²) in [5, 5.41) is 4.54. The lowest BCUT2D eigenvalue weighted by molar-refractivity contribution is 0.412. The van der Waals surface area contributed by atoms with Crippen molar-refractivity contribution in [2.24, 2.45) is 0 Å². The molecule has 5 heteroatoms. The first-order chi connectivity index (χ1) is 8.71. The van der Waals surface area contributed by atoms with Crippen molar-refractivity contribution >= 4 is 5.69 Å². The Labute approximate surface area is 107 Å². The monoisotopic (exact) mass is 246 g/mol. The van der Waals surface area contributed by atoms with Crippen LogP contribution < -0.4 is 10.5 Å². The fourth-order valence-electron chi connectivity index (χ4n) is 1.97. The Morgan fingerprint density at radius 1 is 1.28 bits per heavy atom. The first kappa shape index (κ1) is 12.4. The van der Waals surface area contributed by atoms with E-state index in [1.807, 2.05) is 17.7 Å². The Balaban J connectivity index is 2.55. The normalized spacial score (nSPS) is 10.6. The Kier molecular flexibility index (Phi) is 3.50. The van der Waals surface area contributed by atoms with E-state index in [9.17, 15) is 0 Å². The lowest BCUT2D eigenvalue weighted by Gasteiger charge is -2.07. The zero-order chi connectivity index (χ0) is 13.1. The van der Waals surface area contributed by atoms with Crippen LogP contribution in [0.3, 0.4) is 0 Å². The summed E-state index contributed by atoms with van der Waals surface area (Å²) in [6.07, 6.45) is 5.08. The van der Waals surface area contributed by atoms with Crippen molar-refractivity contribution in [3.63, 3.8) is 0 Å². The predicted octanol–water partition coefficient (Wildman–Crippen LogP) is 1.98. The number of nitrogens with two attached hydrogens (primary N) is 1. The number of nitrogens with zero attached hydrogens (tertiary/aromatic N) is 3. The molecule has 0 bridgehead atoms. The van der Waals surface area contributed by atoms with Crippen molar-refractivity contribution in [1.82, 2.24) is 14.8 Å². The first-order valence-corrected chi connectivity index (χ1v) is 6.06. The summed E-state index contributed by atoms with van der Waals surface area (Å²) >= 11 is 0. The maximum atomic E-state index is 6.10. The molecule has 0 radical (unpaired) electrons. The summed E-state index contributed by atoms with van der Waals surface area (Å²) in [5.41, 5.74) is 9.69. The molecule has 2 rings (SSSR count). The molecule has 0 unspecified atom stereocenters. The molecule has 18 heavy (non-hydrogen) atoms. The number of rotatable bonds is 4. The summed E-state index contributed by atoms with van der Waals surface area (Å²) < 4.78 is 7.03. The fraction of sp³-hybridized carbons (Fsp3) is 0.385. The molecule has 0 spiro atoms. The second-order valence-electron chi connectivity index (χ2n) is 4.01. The lowest BCUT2D eigenvalue weighted by Crippen LogP contribution is -2.03. The van der Waals surface area contributed by atoms with Gasteiger partial charge >= 0.3 is 0 Å². The Hall–Kier alpha value is -2.04. The van der Waals surface area contributed by atoms with Gasteiger partial charge in [-0.25, -0.2) is 4.68 Å². The van der Waals surface area contributed by atoms with Crippen LogP contribution in [0.25, 0.3) is 5.69 Å². The van der Waals surface area contributed by atoms with Gasteiger partial charge in [-0.3, -0.25) is 4.98 Å². The molecular formula is C13H18N4O. The van der Waals surface area contributed by atoms with Gasteiger partial charge in [-0.2, -0.15) is 5.10 Å². The van der Waals surface area contributed by atoms with E-state index in [1.54, 1.807) is 19.5 Å². The highest BCUT2D eigenvalue weighted by Gasteiger charge is 2.14. The van der Waals surface area contributed by atoms with Gasteiger partial charge in [0.2, 0.25) is 0 Å². The second kappa shape index (κ2) is 5.08. The molecule has 2 aromatic heterocycles. The Morgan fingerprint density at radius 3 is 2.67 bits per heavy atom. The van der Waals surface area contributed by atoms with Crippen molar-refractivity contribution in [2.75, 3.05) is 12.8 Å². The molecular weight excluding hydrogens is 228 g/mol. The number of nitrogen functional groups attached to an aromatic ring is 1. The molecule has 0 aliphatic heterocycles. The molecule has 0 aliphatic carbocycles. The van der Waals surface area contributed by atoms with Gasteiger partial charge in [0, 0.05) is 6.07 Å². The van der Waals surface area contributed by atoms with Crippen molar-refractivity contribution in [3.05, 3.63) is 29.8 Å². The average Bonchev–Trinajstić information content (AvgIpc) is 2.75. The highest BCUT2D eigenvalue weighted by atomic mass is 16.5. The van der Waals surface area contributed by atoms with Crippen LogP contribution >= 0.6 is 0 Å². The number of hydrogen-bond acceptors (Lipinski definition) is 4. The third-order valence-electron chi connectivity index (χ3n) is 2.95. The van der Waals surface area contributed by atoms with E-state index in [0.717, 1.165) is 35.6 Å². The zero-order valence-corrected chi connectivity index (χ0v) is 11.0. The van der Waals surface area contributed by atoms with Crippen molar-refractivity contribution in [3.8, 4) is 11.4 Å². The third-order valence-corrected chi connectivity index (χ3v) is 2.95. The minimum atomic E-state index is 0.710. The number of ether oxygens (including phenoxy) is 1. The van der Waals surface area contributed by atoms with Gasteiger partial charge in [-0.15, -0.1) is 0 Å². The number of anilines is 1. The molecule has 2 aromatic rings. The zero-order valence-electron chi connectivity index (χ0n) is 11.0. The number of aryl methyl sites for hydroxylation is 1. The van der Waals surface area contributed by atoms with Crippen LogP contribution in [0.15, 0.2) is 18.5 Å². The van der Waals surface area contributed by atoms with Crippen LogP contribution in [0.4, 0.5) is 5.69 Å². The number of methoxy groups -OCH3 is 1. The first-order valence-electron chi connectivity index (χ1n) is 6.06. The van der Waals surface area contributed by atoms with E-state index in [1.165, 1.54) is 0 Å². The van der Waals surface area contributed by atoms with E-state index in [2.05, 4.69) is 17.0 Å². The van der Waals surface area contributed by atoms with Crippen LogP contribution in [0.5, 0.6) is 5.75 Å². The maximum Gasteiger partial charge on any atom is 0.139 e. The van der Waals surface area contributed by atoms with Gasteiger partial charge in [-0.05, 0) is 12.8 Å². The third kappa shape index (κ3) is 2.03. The van der Waals surface area contributed by atoms with Crippen LogP contribution in [0.1, 0.15) is 25.2 Å². The fourth-order valence-corrected chi connectivity index (χ4v) is 1.97. The molecule has 5 nitrogen and oxygen atoms in total. The SMILES string of the molecule is CCc1nn(-c2cncc(OC)c2)c(CC)c1N. The molecule has 96 valence electrons. The smallest absolute Gasteiger partial charge is 0.139 e. The average molecular weight is 246 g/mol. The number of aromatic nitrogens is 3. The minimum absolute atomic E-state index is 0.710. The lowest BCUT2D eigenvalue weighted by atomic mass is 10.2. The van der Waals surface area contributed by atoms with E-state index >= 15 is 0 Å². The van der Waals surface area contributed by atoms with Gasteiger partial charge in [0.1, 0.15) is 5.75 Å². The minimum Gasteiger partial charge on any atom is -0.495 e. The molecule has 2 N–H and O–H groups in total. The highest BCUT2D eigenvalue weighted by molar-refractivity contribution is 5.52. The van der Waals surface area contributed by atoms with Crippen LogP contribution in [0.2, 0.25) is 0 Å². The molecule has 0 aromatic carbocycles. The van der Waals surface area contributed by atoms with Gasteiger partial charge in [-0.1, -0.05) is 13.8 Å². The summed E-state index contributed by atoms with van der Waals surface area (Å²) in [4.78, 5) is 4.15. The molecule has 2 heterocycles. The van der Waals surface area contributed by atoms with Gasteiger partial charge in [0.25, 0.3) is 0 Å². The van der Waals surface area contributed by atoms with Crippen molar-refractivity contribution in [1.29, 1.82) is 0 Å². The summed E-state index contributed by atoms with van der Waals surface area (Å²) in [6.45, 7) is 4.11. The Morgan fingerprint density at radius 2 is 2.06 bits per heavy atom. The molecule has 0 amide bonds. The number of pyridine rings is 1. The Bertz CT molecular complexity index is 548. The van der Waals surface area contributed by atoms with Gasteiger partial charge in [0.05, 0.1) is 42.3 Å². The number of hydrogen-bond donors (Lipinski definition) is 1. The molecule has 0 aliphatic rings. The summed E-state index contributed by atoms with van der Waals surface area (Å²) in [6, 6.07) is 1.90. The molecule has 0 fully saturated rings. The predicted molar refractivity (Wildman–Crippen MR) is 71.1 cm³/mol. The van der Waals surface area contributed by atoms with Crippen LogP contribution in [-0.2, 0) is 12.8 Å². The van der Waals surface area contributed by atoms with E-state index in [4.69, 9.17) is 10.5 Å². The summed E-state index contributed by atoms with van der Waals surface area (Å²) in [5.74, 6) is 0.710. The van der Waals surface area contributed by atoms with Gasteiger partial charge in [0.15, 0.2) is 0 Å². The molecule has 0 saturated heterocycles. The second-order valence-corrected chi connectivity index (χ2v) is 4.01. The standard InChI is InChI=1S/C13H18N4O/c1-4-11-13(14)12(5-2)17(16-11)9-6-10(18-3)8-15-7-9/h6-8H,4-5,14H2,1-3H3. The largest absolute Gasteiger partial charge is 0.495 e. The quantitative estimate of drug-likeness (QED) is 0.895. The van der Waals surface area contributed by atoms with Crippen LogP contribution in [-0.4, -0.2) is 21.9 Å². The van der Waals surface area contributed by atoms with Crippen LogP contribution in [0, 0.1) is 0 Å². The van der Waals surface area contributed by atoms with E-state index < -0.39 is 0 Å².